The number of benzene rings is 1. The van der Waals surface area contributed by atoms with Crippen LogP contribution >= 0.6 is 0 Å². The van der Waals surface area contributed by atoms with E-state index in [1.54, 1.807) is 0 Å². The number of Topliss-reactive ketones (excluding diaryl/α,β-unsaturated/α-hetero) is 1. The second-order valence-corrected chi connectivity index (χ2v) is 5.21. The molecule has 17 heavy (non-hydrogen) atoms. The quantitative estimate of drug-likeness (QED) is 0.622. The summed E-state index contributed by atoms with van der Waals surface area (Å²) in [4.78, 5) is 11.5. The van der Waals surface area contributed by atoms with E-state index in [0.29, 0.717) is 0 Å². The Labute approximate surface area is 97.2 Å². The maximum atomic E-state index is 11.5. The van der Waals surface area contributed by atoms with Crippen molar-refractivity contribution in [2.24, 2.45) is 0 Å². The number of hydrogen-bond donors (Lipinski definition) is 3. The van der Waals surface area contributed by atoms with Gasteiger partial charge in [0.15, 0.2) is 5.25 Å². The van der Waals surface area contributed by atoms with Gasteiger partial charge < -0.3 is 5.11 Å². The number of nitrogens with one attached hydrogen (secondary N) is 1. The van der Waals surface area contributed by atoms with Crippen LogP contribution in [0.25, 0.3) is 0 Å². The number of rotatable bonds is 1. The van der Waals surface area contributed by atoms with Gasteiger partial charge in [-0.15, -0.1) is 0 Å². The molecule has 90 valence electrons. The fourth-order valence-electron chi connectivity index (χ4n) is 1.88. The predicted molar refractivity (Wildman–Crippen MR) is 58.4 cm³/mol. The minimum absolute atomic E-state index is 0.0621. The first kappa shape index (κ1) is 11.9. The van der Waals surface area contributed by atoms with Gasteiger partial charge in [0, 0.05) is 0 Å². The van der Waals surface area contributed by atoms with Gasteiger partial charge in [0.1, 0.15) is 11.8 Å². The summed E-state index contributed by atoms with van der Waals surface area (Å²) < 4.78 is 31.4. The summed E-state index contributed by atoms with van der Waals surface area (Å²) in [6.45, 7) is 0. The van der Waals surface area contributed by atoms with E-state index in [1.165, 1.54) is 24.3 Å². The van der Waals surface area contributed by atoms with Crippen LogP contribution in [-0.2, 0) is 14.9 Å². The zero-order valence-corrected chi connectivity index (χ0v) is 9.31. The number of aliphatic hydroxyl groups excluding tert-OH is 1. The second kappa shape index (κ2) is 3.73. The normalized spacial score (nSPS) is 24.6. The van der Waals surface area contributed by atoms with E-state index in [1.807, 2.05) is 0 Å². The van der Waals surface area contributed by atoms with Crippen molar-refractivity contribution in [3.8, 4) is 0 Å². The van der Waals surface area contributed by atoms with E-state index >= 15 is 0 Å². The summed E-state index contributed by atoms with van der Waals surface area (Å²) >= 11 is 0. The fraction of sp³-hybridized carbons (Fsp3) is 0.200. The minimum Gasteiger partial charge on any atom is -0.380 e. The Bertz CT molecular complexity index is 607. The SMILES string of the molecule is N=C1C(=O)C(O)c2ccccc2C1S(=O)(=O)O. The Morgan fingerprint density at radius 1 is 1.18 bits per heavy atom. The van der Waals surface area contributed by atoms with Crippen LogP contribution in [-0.4, -0.2) is 29.6 Å². The topological polar surface area (TPSA) is 116 Å². The molecule has 1 aliphatic rings. The molecule has 2 unspecified atom stereocenters. The van der Waals surface area contributed by atoms with Crippen LogP contribution in [0.3, 0.4) is 0 Å². The minimum atomic E-state index is -4.60. The molecule has 1 aromatic carbocycles. The molecule has 0 amide bonds. The molecule has 0 spiro atoms. The molecule has 1 aliphatic carbocycles. The number of aliphatic hydroxyl groups is 1. The van der Waals surface area contributed by atoms with Crippen molar-refractivity contribution in [2.45, 2.75) is 11.4 Å². The van der Waals surface area contributed by atoms with Crippen molar-refractivity contribution in [1.29, 1.82) is 5.41 Å². The predicted octanol–water partition coefficient (Wildman–Crippen LogP) is 0.251. The standard InChI is InChI=1S/C10H9NO5S/c11-7-9(13)8(12)5-3-1-2-4-6(5)10(7)17(14,15)16/h1-4,8,10-12H,(H,14,15,16). The lowest BCUT2D eigenvalue weighted by Gasteiger charge is -2.26. The van der Waals surface area contributed by atoms with Crippen LogP contribution in [0.5, 0.6) is 0 Å². The van der Waals surface area contributed by atoms with E-state index in [9.17, 15) is 18.3 Å². The third-order valence-corrected chi connectivity index (χ3v) is 3.73. The summed E-state index contributed by atoms with van der Waals surface area (Å²) in [5.41, 5.74) is -0.651. The van der Waals surface area contributed by atoms with Gasteiger partial charge in [-0.3, -0.25) is 14.8 Å². The highest BCUT2D eigenvalue weighted by Crippen LogP contribution is 2.35. The molecule has 0 aromatic heterocycles. The molecule has 2 rings (SSSR count). The molecule has 6 nitrogen and oxygen atoms in total. The summed E-state index contributed by atoms with van der Waals surface area (Å²) in [5, 5.41) is 15.3. The van der Waals surface area contributed by atoms with Crippen molar-refractivity contribution < 1.29 is 22.9 Å². The molecule has 0 radical (unpaired) electrons. The number of hydrogen-bond acceptors (Lipinski definition) is 5. The molecular weight excluding hydrogens is 246 g/mol. The van der Waals surface area contributed by atoms with Gasteiger partial charge in [0.25, 0.3) is 10.1 Å². The maximum Gasteiger partial charge on any atom is 0.277 e. The number of carbonyl (C=O) groups excluding carboxylic acids is 1. The molecule has 7 heteroatoms. The van der Waals surface area contributed by atoms with Crippen molar-refractivity contribution in [3.63, 3.8) is 0 Å². The molecule has 2 atom stereocenters. The molecule has 3 N–H and O–H groups in total. The summed E-state index contributed by atoms with van der Waals surface area (Å²) in [7, 11) is -4.60. The van der Waals surface area contributed by atoms with Crippen LogP contribution in [0.2, 0.25) is 0 Å². The van der Waals surface area contributed by atoms with Crippen molar-refractivity contribution in [2.75, 3.05) is 0 Å². The van der Waals surface area contributed by atoms with Gasteiger partial charge in [0.2, 0.25) is 5.78 Å². The van der Waals surface area contributed by atoms with Crippen LogP contribution in [0.15, 0.2) is 24.3 Å². The second-order valence-electron chi connectivity index (χ2n) is 3.70. The Hall–Kier alpha value is -1.57. The van der Waals surface area contributed by atoms with E-state index in [4.69, 9.17) is 9.96 Å². The van der Waals surface area contributed by atoms with Crippen molar-refractivity contribution in [3.05, 3.63) is 35.4 Å². The van der Waals surface area contributed by atoms with Gasteiger partial charge in [-0.1, -0.05) is 24.3 Å². The van der Waals surface area contributed by atoms with Gasteiger partial charge in [0.05, 0.1) is 0 Å². The van der Waals surface area contributed by atoms with Gasteiger partial charge >= 0.3 is 0 Å². The average Bonchev–Trinajstić information content (AvgIpc) is 2.24. The summed E-state index contributed by atoms with van der Waals surface area (Å²) in [6.07, 6.45) is -1.54. The fourth-order valence-corrected chi connectivity index (χ4v) is 2.83. The Kier molecular flexibility index (Phi) is 2.61. The number of ketones is 1. The van der Waals surface area contributed by atoms with E-state index in [0.717, 1.165) is 0 Å². The van der Waals surface area contributed by atoms with Crippen molar-refractivity contribution >= 4 is 21.6 Å². The lowest BCUT2D eigenvalue weighted by atomic mass is 9.87. The Morgan fingerprint density at radius 3 is 2.24 bits per heavy atom. The lowest BCUT2D eigenvalue weighted by molar-refractivity contribution is -0.121. The summed E-state index contributed by atoms with van der Waals surface area (Å²) in [5.74, 6) is -1.01. The maximum absolute atomic E-state index is 11.5. The van der Waals surface area contributed by atoms with Gasteiger partial charge in [-0.2, -0.15) is 8.42 Å². The van der Waals surface area contributed by atoms with Crippen molar-refractivity contribution in [1.82, 2.24) is 0 Å². The smallest absolute Gasteiger partial charge is 0.277 e. The first-order valence-corrected chi connectivity index (χ1v) is 6.20. The highest BCUT2D eigenvalue weighted by atomic mass is 32.2. The van der Waals surface area contributed by atoms with Gasteiger partial charge in [-0.25, -0.2) is 0 Å². The Morgan fingerprint density at radius 2 is 1.71 bits per heavy atom. The van der Waals surface area contributed by atoms with Crippen LogP contribution in [0.1, 0.15) is 22.5 Å². The largest absolute Gasteiger partial charge is 0.380 e. The molecule has 0 heterocycles. The number of fused-ring (bicyclic) bond motifs is 1. The molecular formula is C10H9NO5S. The van der Waals surface area contributed by atoms with Crippen LogP contribution < -0.4 is 0 Å². The molecule has 0 aliphatic heterocycles. The van der Waals surface area contributed by atoms with Crippen LogP contribution in [0.4, 0.5) is 0 Å². The average molecular weight is 255 g/mol. The summed E-state index contributed by atoms with van der Waals surface area (Å²) in [6, 6.07) is 5.79. The molecule has 0 saturated heterocycles. The van der Waals surface area contributed by atoms with Gasteiger partial charge in [-0.05, 0) is 11.1 Å². The number of carbonyl (C=O) groups is 1. The highest BCUT2D eigenvalue weighted by Gasteiger charge is 2.43. The Balaban J connectivity index is 2.74. The van der Waals surface area contributed by atoms with E-state index in [2.05, 4.69) is 0 Å². The highest BCUT2D eigenvalue weighted by molar-refractivity contribution is 7.87. The first-order chi connectivity index (χ1) is 7.84. The lowest BCUT2D eigenvalue weighted by Crippen LogP contribution is -2.36. The van der Waals surface area contributed by atoms with E-state index < -0.39 is 33.0 Å². The zero-order chi connectivity index (χ0) is 12.8. The third-order valence-electron chi connectivity index (χ3n) is 2.65. The zero-order valence-electron chi connectivity index (χ0n) is 8.49. The van der Waals surface area contributed by atoms with Crippen LogP contribution in [0, 0.1) is 5.41 Å². The molecule has 0 saturated carbocycles. The molecule has 1 aromatic rings. The monoisotopic (exact) mass is 255 g/mol. The molecule has 0 bridgehead atoms. The molecule has 0 fully saturated rings. The third kappa shape index (κ3) is 1.78. The van der Waals surface area contributed by atoms with E-state index in [-0.39, 0.29) is 11.1 Å². The first-order valence-electron chi connectivity index (χ1n) is 4.70.